The third-order valence-electron chi connectivity index (χ3n) is 2.68. The number of benzene rings is 2. The molecule has 2 nitrogen and oxygen atoms in total. The van der Waals surface area contributed by atoms with Crippen LogP contribution in [0.15, 0.2) is 42.5 Å². The molecule has 0 aliphatic carbocycles. The molecular weight excluding hydrogens is 238 g/mol. The van der Waals surface area contributed by atoms with Crippen molar-refractivity contribution < 1.29 is 18.6 Å². The summed E-state index contributed by atoms with van der Waals surface area (Å²) >= 11 is 0. The Kier molecular flexibility index (Phi) is 3.58. The lowest BCUT2D eigenvalue weighted by Crippen LogP contribution is -2.04. The molecule has 0 aromatic heterocycles. The second kappa shape index (κ2) is 5.14. The van der Waals surface area contributed by atoms with Crippen molar-refractivity contribution in [3.8, 4) is 5.75 Å². The maximum Gasteiger partial charge on any atom is 0.165 e. The van der Waals surface area contributed by atoms with E-state index in [0.29, 0.717) is 5.56 Å². The molecule has 0 aliphatic rings. The maximum absolute atomic E-state index is 13.7. The summed E-state index contributed by atoms with van der Waals surface area (Å²) in [5.74, 6) is -1.59. The molecule has 0 fully saturated rings. The van der Waals surface area contributed by atoms with Crippen LogP contribution in [0.2, 0.25) is 0 Å². The first-order valence-corrected chi connectivity index (χ1v) is 5.39. The van der Waals surface area contributed by atoms with Crippen molar-refractivity contribution in [2.45, 2.75) is 6.10 Å². The Balaban J connectivity index is 2.43. The lowest BCUT2D eigenvalue weighted by atomic mass is 10.0. The quantitative estimate of drug-likeness (QED) is 0.907. The smallest absolute Gasteiger partial charge is 0.165 e. The SMILES string of the molecule is COc1cc(F)c(C(O)c2ccccc2)cc1F. The first-order valence-electron chi connectivity index (χ1n) is 5.39. The predicted octanol–water partition coefficient (Wildman–Crippen LogP) is 3.06. The van der Waals surface area contributed by atoms with Gasteiger partial charge in [-0.05, 0) is 11.6 Å². The average Bonchev–Trinajstić information content (AvgIpc) is 2.41. The van der Waals surface area contributed by atoms with Crippen LogP contribution in [-0.4, -0.2) is 12.2 Å². The van der Waals surface area contributed by atoms with Gasteiger partial charge in [0.05, 0.1) is 7.11 Å². The fourth-order valence-electron chi connectivity index (χ4n) is 1.72. The minimum absolute atomic E-state index is 0.112. The molecule has 1 unspecified atom stereocenters. The summed E-state index contributed by atoms with van der Waals surface area (Å²) in [6, 6.07) is 10.4. The Morgan fingerprint density at radius 3 is 2.33 bits per heavy atom. The second-order valence-corrected chi connectivity index (χ2v) is 3.82. The van der Waals surface area contributed by atoms with Crippen LogP contribution in [0.3, 0.4) is 0 Å². The van der Waals surface area contributed by atoms with Crippen molar-refractivity contribution in [3.63, 3.8) is 0 Å². The highest BCUT2D eigenvalue weighted by atomic mass is 19.1. The molecule has 0 amide bonds. The number of methoxy groups -OCH3 is 1. The van der Waals surface area contributed by atoms with Gasteiger partial charge in [-0.2, -0.15) is 0 Å². The van der Waals surface area contributed by atoms with E-state index in [1.54, 1.807) is 30.3 Å². The van der Waals surface area contributed by atoms with Gasteiger partial charge in [-0.25, -0.2) is 8.78 Å². The summed E-state index contributed by atoms with van der Waals surface area (Å²) in [7, 11) is 1.26. The Morgan fingerprint density at radius 1 is 1.06 bits per heavy atom. The van der Waals surface area contributed by atoms with Gasteiger partial charge in [0, 0.05) is 11.6 Å². The molecule has 2 rings (SSSR count). The van der Waals surface area contributed by atoms with Crippen molar-refractivity contribution in [2.75, 3.05) is 7.11 Å². The topological polar surface area (TPSA) is 29.5 Å². The minimum atomic E-state index is -1.20. The monoisotopic (exact) mass is 250 g/mol. The molecule has 94 valence electrons. The summed E-state index contributed by atoms with van der Waals surface area (Å²) in [5, 5.41) is 10.0. The highest BCUT2D eigenvalue weighted by molar-refractivity contribution is 5.36. The van der Waals surface area contributed by atoms with Crippen molar-refractivity contribution in [3.05, 3.63) is 65.2 Å². The lowest BCUT2D eigenvalue weighted by Gasteiger charge is -2.13. The standard InChI is InChI=1S/C14H12F2O2/c1-18-13-8-11(15)10(7-12(13)16)14(17)9-5-3-2-4-6-9/h2-8,14,17H,1H3. The third kappa shape index (κ3) is 2.33. The molecule has 1 atom stereocenters. The van der Waals surface area contributed by atoms with Gasteiger partial charge < -0.3 is 9.84 Å². The van der Waals surface area contributed by atoms with Crippen molar-refractivity contribution in [1.29, 1.82) is 0 Å². The predicted molar refractivity (Wildman–Crippen MR) is 63.4 cm³/mol. The van der Waals surface area contributed by atoms with Gasteiger partial charge in [0.25, 0.3) is 0 Å². The van der Waals surface area contributed by atoms with Crippen molar-refractivity contribution in [1.82, 2.24) is 0 Å². The molecule has 0 radical (unpaired) electrons. The van der Waals surface area contributed by atoms with E-state index in [0.717, 1.165) is 12.1 Å². The molecule has 0 aliphatic heterocycles. The summed E-state index contributed by atoms with van der Waals surface area (Å²) in [5.41, 5.74) is 0.389. The third-order valence-corrected chi connectivity index (χ3v) is 2.68. The van der Waals surface area contributed by atoms with Crippen LogP contribution in [0.5, 0.6) is 5.75 Å². The molecular formula is C14H12F2O2. The van der Waals surface area contributed by atoms with Crippen LogP contribution in [-0.2, 0) is 0 Å². The van der Waals surface area contributed by atoms with Gasteiger partial charge in [-0.15, -0.1) is 0 Å². The van der Waals surface area contributed by atoms with Crippen LogP contribution in [0.4, 0.5) is 8.78 Å². The molecule has 2 aromatic carbocycles. The van der Waals surface area contributed by atoms with E-state index in [9.17, 15) is 13.9 Å². The molecule has 0 bridgehead atoms. The van der Waals surface area contributed by atoms with E-state index in [2.05, 4.69) is 4.74 Å². The van der Waals surface area contributed by atoms with Gasteiger partial charge in [-0.3, -0.25) is 0 Å². The van der Waals surface area contributed by atoms with Crippen LogP contribution < -0.4 is 4.74 Å². The zero-order valence-corrected chi connectivity index (χ0v) is 9.73. The van der Waals surface area contributed by atoms with Gasteiger partial charge in [-0.1, -0.05) is 30.3 Å². The molecule has 0 heterocycles. The highest BCUT2D eigenvalue weighted by Crippen LogP contribution is 2.28. The van der Waals surface area contributed by atoms with E-state index in [1.165, 1.54) is 7.11 Å². The number of aliphatic hydroxyl groups is 1. The molecule has 0 saturated heterocycles. The zero-order chi connectivity index (χ0) is 13.1. The lowest BCUT2D eigenvalue weighted by molar-refractivity contribution is 0.214. The fourth-order valence-corrected chi connectivity index (χ4v) is 1.72. The average molecular weight is 250 g/mol. The Bertz CT molecular complexity index is 541. The van der Waals surface area contributed by atoms with Crippen LogP contribution >= 0.6 is 0 Å². The number of rotatable bonds is 3. The number of aliphatic hydroxyl groups excluding tert-OH is 1. The number of hydrogen-bond donors (Lipinski definition) is 1. The second-order valence-electron chi connectivity index (χ2n) is 3.82. The first-order chi connectivity index (χ1) is 8.63. The highest BCUT2D eigenvalue weighted by Gasteiger charge is 2.18. The minimum Gasteiger partial charge on any atom is -0.494 e. The van der Waals surface area contributed by atoms with Gasteiger partial charge >= 0.3 is 0 Å². The van der Waals surface area contributed by atoms with E-state index < -0.39 is 17.7 Å². The molecule has 18 heavy (non-hydrogen) atoms. The van der Waals surface area contributed by atoms with E-state index in [-0.39, 0.29) is 11.3 Å². The maximum atomic E-state index is 13.7. The number of hydrogen-bond acceptors (Lipinski definition) is 2. The van der Waals surface area contributed by atoms with Crippen molar-refractivity contribution >= 4 is 0 Å². The largest absolute Gasteiger partial charge is 0.494 e. The molecule has 4 heteroatoms. The van der Waals surface area contributed by atoms with E-state index in [1.807, 2.05) is 0 Å². The van der Waals surface area contributed by atoms with Gasteiger partial charge in [0.1, 0.15) is 11.9 Å². The summed E-state index contributed by atoms with van der Waals surface area (Å²) in [6.07, 6.45) is -1.20. The number of halogens is 2. The molecule has 1 N–H and O–H groups in total. The van der Waals surface area contributed by atoms with Gasteiger partial charge in [0.2, 0.25) is 0 Å². The summed E-state index contributed by atoms with van der Waals surface area (Å²) < 4.78 is 31.9. The Morgan fingerprint density at radius 2 is 1.72 bits per heavy atom. The molecule has 0 spiro atoms. The zero-order valence-electron chi connectivity index (χ0n) is 9.73. The Hall–Kier alpha value is -1.94. The van der Waals surface area contributed by atoms with Crippen LogP contribution in [0, 0.1) is 11.6 Å². The van der Waals surface area contributed by atoms with Crippen molar-refractivity contribution in [2.24, 2.45) is 0 Å². The number of ether oxygens (including phenoxy) is 1. The fraction of sp³-hybridized carbons (Fsp3) is 0.143. The molecule has 0 saturated carbocycles. The summed E-state index contributed by atoms with van der Waals surface area (Å²) in [4.78, 5) is 0. The van der Waals surface area contributed by atoms with E-state index >= 15 is 0 Å². The first kappa shape index (κ1) is 12.5. The normalized spacial score (nSPS) is 12.2. The molecule has 2 aromatic rings. The Labute approximate surface area is 103 Å². The van der Waals surface area contributed by atoms with E-state index in [4.69, 9.17) is 0 Å². The van der Waals surface area contributed by atoms with Crippen LogP contribution in [0.1, 0.15) is 17.2 Å². The van der Waals surface area contributed by atoms with Gasteiger partial charge in [0.15, 0.2) is 11.6 Å². The summed E-state index contributed by atoms with van der Waals surface area (Å²) in [6.45, 7) is 0. The van der Waals surface area contributed by atoms with Crippen LogP contribution in [0.25, 0.3) is 0 Å².